The van der Waals surface area contributed by atoms with Crippen LogP contribution in [0.25, 0.3) is 0 Å². The molecular formula is C57H99N3O16P2. The summed E-state index contributed by atoms with van der Waals surface area (Å²) in [6, 6.07) is 1.25. The maximum Gasteiger partial charge on any atom is 0.481 e. The number of nitrogens with zero attached hydrogens (tertiary/aromatic N) is 2. The second-order valence-electron chi connectivity index (χ2n) is 21.1. The van der Waals surface area contributed by atoms with Gasteiger partial charge in [0.2, 0.25) is 0 Å². The Balaban J connectivity index is 1.36. The van der Waals surface area contributed by atoms with Gasteiger partial charge in [-0.15, -0.1) is 0 Å². The van der Waals surface area contributed by atoms with Crippen LogP contribution in [0, 0.1) is 5.92 Å². The second kappa shape index (κ2) is 41.0. The predicted molar refractivity (Wildman–Crippen MR) is 302 cm³/mol. The smallest absolute Gasteiger partial charge is 0.462 e. The number of nitrogen functional groups attached to an aromatic ring is 1. The Bertz CT molecular complexity index is 2040. The van der Waals surface area contributed by atoms with Crippen molar-refractivity contribution in [2.75, 3.05) is 25.6 Å². The van der Waals surface area contributed by atoms with E-state index in [1.54, 1.807) is 0 Å². The highest BCUT2D eigenvalue weighted by atomic mass is 31.3. The lowest BCUT2D eigenvalue weighted by atomic mass is 9.99. The predicted octanol–water partition coefficient (Wildman–Crippen LogP) is 12.4. The second-order valence-corrected chi connectivity index (χ2v) is 24.2. The van der Waals surface area contributed by atoms with E-state index in [1.165, 1.54) is 128 Å². The molecule has 2 fully saturated rings. The molecule has 1 aromatic heterocycles. The molecule has 0 aromatic carbocycles. The van der Waals surface area contributed by atoms with Crippen LogP contribution in [0.4, 0.5) is 5.82 Å². The number of carbonyl (C=O) groups excluding carboxylic acids is 2. The SMILES string of the molecule is CCCCC/C=C\C/C=C\C/C=C\CC1OC1CCCC(=O)OC[C@H](COP(=O)(O)OP(=O)(O)OC[C@H]1O[C@@H](n2ccc(N)nc2=O)[C@H](O)[C@@H]1O)OC(=O)CCCCCCCCCCCCCCCCCCCCC(C)CC. The van der Waals surface area contributed by atoms with E-state index in [0.29, 0.717) is 19.3 Å². The average molecular weight is 1140 g/mol. The molecule has 0 bridgehead atoms. The van der Waals surface area contributed by atoms with Gasteiger partial charge in [0.05, 0.1) is 25.4 Å². The van der Waals surface area contributed by atoms with Gasteiger partial charge in [0.1, 0.15) is 30.7 Å². The third kappa shape index (κ3) is 32.4. The minimum atomic E-state index is -5.44. The zero-order valence-electron chi connectivity index (χ0n) is 47.3. The molecule has 0 saturated carbocycles. The Hall–Kier alpha value is -3.06. The largest absolute Gasteiger partial charge is 0.481 e. The number of hydrogen-bond donors (Lipinski definition) is 5. The van der Waals surface area contributed by atoms with Crippen molar-refractivity contribution in [3.05, 3.63) is 59.2 Å². The first-order valence-corrected chi connectivity index (χ1v) is 32.5. The van der Waals surface area contributed by atoms with Crippen molar-refractivity contribution >= 4 is 33.4 Å². The van der Waals surface area contributed by atoms with Crippen LogP contribution in [0.2, 0.25) is 0 Å². The molecule has 2 aliphatic rings. The molecule has 6 N–H and O–H groups in total. The Morgan fingerprint density at radius 3 is 1.86 bits per heavy atom. The molecular weight excluding hydrogens is 1040 g/mol. The minimum Gasteiger partial charge on any atom is -0.462 e. The number of unbranched alkanes of at least 4 members (excludes halogenated alkanes) is 20. The number of ether oxygens (including phenoxy) is 4. The standard InChI is InChI=1S/C57H99N3O16P2/c1-4-6-7-8-9-10-11-21-24-27-30-33-37-48-49(74-48)38-35-40-52(61)70-43-47(73-53(62)39-34-31-28-25-22-19-17-15-13-12-14-16-18-20-23-26-29-32-36-46(3)5-2)44-71-77(66,67)76-78(68,69)72-45-50-54(63)55(64)56(75-50)60-42-41-51(58)59-57(60)65/h9-10,21,24,30,33,41-42,46-50,54-56,63-64H,4-8,11-20,22-23,25-29,31-32,34-40,43-45H2,1-3H3,(H,66,67)(H,68,69)(H2,58,59,65)/b10-9-,24-21-,33-30-/t46?,47-,48?,49?,50-,54-,55-,56-/m1/s1. The Labute approximate surface area is 465 Å². The maximum atomic E-state index is 13.0. The third-order valence-corrected chi connectivity index (χ3v) is 16.8. The summed E-state index contributed by atoms with van der Waals surface area (Å²) < 4.78 is 62.8. The summed E-state index contributed by atoms with van der Waals surface area (Å²) in [6.07, 6.45) is 39.4. The van der Waals surface area contributed by atoms with Crippen molar-refractivity contribution < 1.29 is 71.0 Å². The molecule has 1 aromatic rings. The molecule has 78 heavy (non-hydrogen) atoms. The first-order chi connectivity index (χ1) is 37.5. The third-order valence-electron chi connectivity index (χ3n) is 14.2. The lowest BCUT2D eigenvalue weighted by molar-refractivity contribution is -0.161. The van der Waals surface area contributed by atoms with Crippen LogP contribution in [-0.4, -0.2) is 97.9 Å². The van der Waals surface area contributed by atoms with E-state index < -0.39 is 83.7 Å². The average Bonchev–Trinajstić information content (AvgIpc) is 4.12. The molecule has 5 unspecified atom stereocenters. The van der Waals surface area contributed by atoms with Crippen LogP contribution in [0.3, 0.4) is 0 Å². The molecule has 19 nitrogen and oxygen atoms in total. The van der Waals surface area contributed by atoms with E-state index in [9.17, 15) is 43.5 Å². The van der Waals surface area contributed by atoms with E-state index in [2.05, 4.69) is 66.5 Å². The van der Waals surface area contributed by atoms with Crippen LogP contribution >= 0.6 is 15.6 Å². The van der Waals surface area contributed by atoms with E-state index in [4.69, 9.17) is 33.7 Å². The lowest BCUT2D eigenvalue weighted by Crippen LogP contribution is -2.36. The molecule has 2 aliphatic heterocycles. The van der Waals surface area contributed by atoms with Crippen LogP contribution in [0.1, 0.15) is 226 Å². The van der Waals surface area contributed by atoms with Gasteiger partial charge in [0.15, 0.2) is 12.3 Å². The Morgan fingerprint density at radius 1 is 0.692 bits per heavy atom. The minimum absolute atomic E-state index is 0.0313. The summed E-state index contributed by atoms with van der Waals surface area (Å²) in [5, 5.41) is 21.0. The van der Waals surface area contributed by atoms with Gasteiger partial charge in [-0.05, 0) is 63.4 Å². The summed E-state index contributed by atoms with van der Waals surface area (Å²) in [4.78, 5) is 62.3. The van der Waals surface area contributed by atoms with Gasteiger partial charge in [-0.2, -0.15) is 9.29 Å². The van der Waals surface area contributed by atoms with E-state index in [-0.39, 0.29) is 30.9 Å². The quantitative estimate of drug-likeness (QED) is 0.0133. The highest BCUT2D eigenvalue weighted by molar-refractivity contribution is 7.61. The normalized spacial score (nSPS) is 21.8. The van der Waals surface area contributed by atoms with Gasteiger partial charge in [-0.3, -0.25) is 23.2 Å². The van der Waals surface area contributed by atoms with Crippen molar-refractivity contribution in [3.63, 3.8) is 0 Å². The highest BCUT2D eigenvalue weighted by Gasteiger charge is 2.46. The lowest BCUT2D eigenvalue weighted by Gasteiger charge is -2.21. The van der Waals surface area contributed by atoms with Crippen LogP contribution in [-0.2, 0) is 51.0 Å². The van der Waals surface area contributed by atoms with Crippen LogP contribution < -0.4 is 11.4 Å². The number of anilines is 1. The monoisotopic (exact) mass is 1140 g/mol. The number of aliphatic hydroxyl groups is 2. The zero-order valence-corrected chi connectivity index (χ0v) is 49.1. The number of hydrogen-bond acceptors (Lipinski definition) is 16. The number of aromatic nitrogens is 2. The topological polar surface area (TPSA) is 278 Å². The molecule has 0 aliphatic carbocycles. The van der Waals surface area contributed by atoms with Crippen molar-refractivity contribution in [2.24, 2.45) is 5.92 Å². The fourth-order valence-electron chi connectivity index (χ4n) is 9.14. The van der Waals surface area contributed by atoms with Gasteiger partial charge < -0.3 is 44.7 Å². The fourth-order valence-corrected chi connectivity index (χ4v) is 11.3. The molecule has 3 heterocycles. The van der Waals surface area contributed by atoms with Crippen molar-refractivity contribution in [2.45, 2.75) is 263 Å². The van der Waals surface area contributed by atoms with Crippen molar-refractivity contribution in [3.8, 4) is 0 Å². The number of phosphoric ester groups is 2. The number of allylic oxidation sites excluding steroid dienone is 5. The summed E-state index contributed by atoms with van der Waals surface area (Å²) in [5.74, 6) is -0.496. The highest BCUT2D eigenvalue weighted by Crippen LogP contribution is 2.60. The van der Waals surface area contributed by atoms with E-state index in [1.807, 2.05) is 0 Å². The summed E-state index contributed by atoms with van der Waals surface area (Å²) in [7, 11) is -10.9. The van der Waals surface area contributed by atoms with Gasteiger partial charge in [0, 0.05) is 19.0 Å². The van der Waals surface area contributed by atoms with Crippen molar-refractivity contribution in [1.82, 2.24) is 9.55 Å². The molecule has 0 radical (unpaired) electrons. The van der Waals surface area contributed by atoms with Gasteiger partial charge in [-0.1, -0.05) is 192 Å². The number of aliphatic hydroxyl groups excluding tert-OH is 2. The summed E-state index contributed by atoms with van der Waals surface area (Å²) in [5.41, 5.74) is 4.60. The van der Waals surface area contributed by atoms with Crippen LogP contribution in [0.5, 0.6) is 0 Å². The Morgan fingerprint density at radius 2 is 1.26 bits per heavy atom. The zero-order chi connectivity index (χ0) is 56.9. The number of esters is 2. The molecule has 0 spiro atoms. The number of rotatable bonds is 48. The first kappa shape index (κ1) is 69.2. The maximum absolute atomic E-state index is 13.0. The first-order valence-electron chi connectivity index (χ1n) is 29.5. The number of nitrogens with two attached hydrogens (primary N) is 1. The van der Waals surface area contributed by atoms with Gasteiger partial charge in [-0.25, -0.2) is 13.9 Å². The molecule has 3 rings (SSSR count). The Kier molecular flexibility index (Phi) is 36.4. The summed E-state index contributed by atoms with van der Waals surface area (Å²) in [6.45, 7) is 4.47. The van der Waals surface area contributed by atoms with Crippen LogP contribution in [0.15, 0.2) is 53.5 Å². The number of phosphoric acid groups is 2. The number of epoxide rings is 1. The molecule has 10 atom stereocenters. The summed E-state index contributed by atoms with van der Waals surface area (Å²) >= 11 is 0. The number of carbonyl (C=O) groups is 2. The fraction of sp³-hybridized carbons (Fsp3) is 0.789. The molecule has 21 heteroatoms. The molecule has 2 saturated heterocycles. The van der Waals surface area contributed by atoms with E-state index in [0.717, 1.165) is 61.9 Å². The van der Waals surface area contributed by atoms with Gasteiger partial charge >= 0.3 is 33.3 Å². The van der Waals surface area contributed by atoms with E-state index >= 15 is 0 Å². The van der Waals surface area contributed by atoms with Crippen molar-refractivity contribution in [1.29, 1.82) is 0 Å². The molecule has 0 amide bonds. The van der Waals surface area contributed by atoms with Gasteiger partial charge in [0.25, 0.3) is 0 Å². The molecule has 448 valence electrons.